The normalized spacial score (nSPS) is 12.8. The summed E-state index contributed by atoms with van der Waals surface area (Å²) in [5, 5.41) is 10.1. The molecule has 4 heteroatoms. The fourth-order valence-electron chi connectivity index (χ4n) is 9.26. The molecule has 4 nitrogen and oxygen atoms in total. The number of fused-ring (bicyclic) bond motifs is 9. The highest BCUT2D eigenvalue weighted by molar-refractivity contribution is 6.26. The molecule has 9 aromatic carbocycles. The Bertz CT molecular complexity index is 3500. The van der Waals surface area contributed by atoms with E-state index in [2.05, 4.69) is 150 Å². The van der Waals surface area contributed by atoms with E-state index in [-0.39, 0.29) is 0 Å². The van der Waals surface area contributed by atoms with Crippen LogP contribution in [-0.4, -0.2) is 19.5 Å². The van der Waals surface area contributed by atoms with Gasteiger partial charge >= 0.3 is 0 Å². The Morgan fingerprint density at radius 3 is 1.34 bits per heavy atom. The van der Waals surface area contributed by atoms with Gasteiger partial charge in [0.15, 0.2) is 17.5 Å². The topological polar surface area (TPSA) is 43.6 Å². The van der Waals surface area contributed by atoms with Crippen molar-refractivity contribution in [3.05, 3.63) is 206 Å². The second-order valence-corrected chi connectivity index (χ2v) is 15.9. The first-order valence-corrected chi connectivity index (χ1v) is 21.0. The van der Waals surface area contributed by atoms with Gasteiger partial charge in [0.25, 0.3) is 0 Å². The van der Waals surface area contributed by atoms with Crippen molar-refractivity contribution in [1.82, 2.24) is 19.5 Å². The first kappa shape index (κ1) is 35.0. The average Bonchev–Trinajstić information content (AvgIpc) is 3.68. The molecule has 11 aromatic rings. The van der Waals surface area contributed by atoms with E-state index >= 15 is 0 Å². The molecule has 0 fully saturated rings. The van der Waals surface area contributed by atoms with E-state index in [0.717, 1.165) is 40.7 Å². The molecular formula is C57H38N4. The number of rotatable bonds is 6. The molecule has 0 saturated heterocycles. The summed E-state index contributed by atoms with van der Waals surface area (Å²) in [6.45, 7) is 0. The zero-order chi connectivity index (χ0) is 40.3. The van der Waals surface area contributed by atoms with E-state index in [1.807, 2.05) is 60.7 Å². The van der Waals surface area contributed by atoms with E-state index in [9.17, 15) is 0 Å². The smallest absolute Gasteiger partial charge is 0.164 e. The lowest BCUT2D eigenvalue weighted by atomic mass is 9.90. The lowest BCUT2D eigenvalue weighted by molar-refractivity contribution is 1.02. The van der Waals surface area contributed by atoms with Gasteiger partial charge in [0, 0.05) is 33.2 Å². The maximum Gasteiger partial charge on any atom is 0.164 e. The monoisotopic (exact) mass is 778 g/mol. The van der Waals surface area contributed by atoms with Gasteiger partial charge in [-0.1, -0.05) is 170 Å². The Morgan fingerprint density at radius 1 is 0.311 bits per heavy atom. The molecule has 61 heavy (non-hydrogen) atoms. The molecule has 2 heterocycles. The van der Waals surface area contributed by atoms with Crippen LogP contribution in [-0.2, 0) is 0 Å². The average molecular weight is 779 g/mol. The zero-order valence-corrected chi connectivity index (χ0v) is 33.3. The summed E-state index contributed by atoms with van der Waals surface area (Å²) in [4.78, 5) is 14.8. The summed E-state index contributed by atoms with van der Waals surface area (Å²) in [6, 6.07) is 67.4. The standard InChI is InChI=1S/C57H38N4/c1-4-14-38(15-5-1)55-58-56(39-16-6-2-7-17-39)60-57(59-55)40-26-24-37(25-27-40)41-28-32-48-50(34-41)46-21-11-10-20-45(46)47-31-29-42(35-51(47)48)43-30-33-54-52(36-43)49-22-12-13-23-53(49)61(54)44-18-8-3-9-19-44/h1-2,4-8,10-36H,3,9H2. The summed E-state index contributed by atoms with van der Waals surface area (Å²) in [6.07, 6.45) is 9.08. The van der Waals surface area contributed by atoms with Crippen molar-refractivity contribution >= 4 is 59.8 Å². The molecule has 0 aliphatic heterocycles. The molecule has 12 rings (SSSR count). The molecule has 286 valence electrons. The minimum atomic E-state index is 0.648. The molecule has 1 aliphatic rings. The Hall–Kier alpha value is -7.95. The SMILES string of the molecule is C1=CC(n2c3ccccc3c3cc(-c4ccc5c6ccccc6c6cc(-c7ccc(-c8nc(-c9ccccc9)nc(-c9ccccc9)n8)cc7)ccc6c5c4)ccc32)=CCC1. The van der Waals surface area contributed by atoms with Gasteiger partial charge in [0.05, 0.1) is 11.0 Å². The Balaban J connectivity index is 0.951. The van der Waals surface area contributed by atoms with Gasteiger partial charge in [0.2, 0.25) is 0 Å². The summed E-state index contributed by atoms with van der Waals surface area (Å²) in [5.41, 5.74) is 11.3. The predicted octanol–water partition coefficient (Wildman–Crippen LogP) is 15.0. The third-order valence-electron chi connectivity index (χ3n) is 12.3. The van der Waals surface area contributed by atoms with Crippen LogP contribution < -0.4 is 0 Å². The van der Waals surface area contributed by atoms with Crippen molar-refractivity contribution in [2.75, 3.05) is 0 Å². The Labute approximate surface area is 353 Å². The van der Waals surface area contributed by atoms with Crippen molar-refractivity contribution < 1.29 is 0 Å². The van der Waals surface area contributed by atoms with Crippen molar-refractivity contribution in [3.63, 3.8) is 0 Å². The first-order valence-electron chi connectivity index (χ1n) is 21.0. The van der Waals surface area contributed by atoms with Gasteiger partial charge in [-0.15, -0.1) is 0 Å². The van der Waals surface area contributed by atoms with E-state index in [1.165, 1.54) is 70.9 Å². The van der Waals surface area contributed by atoms with Gasteiger partial charge in [-0.3, -0.25) is 0 Å². The Kier molecular flexibility index (Phi) is 8.27. The maximum atomic E-state index is 4.96. The third kappa shape index (κ3) is 6.03. The quantitative estimate of drug-likeness (QED) is 0.158. The molecular weight excluding hydrogens is 741 g/mol. The van der Waals surface area contributed by atoms with Crippen LogP contribution in [0.3, 0.4) is 0 Å². The molecule has 1 aliphatic carbocycles. The van der Waals surface area contributed by atoms with Crippen molar-refractivity contribution in [2.24, 2.45) is 0 Å². The van der Waals surface area contributed by atoms with Crippen LogP contribution >= 0.6 is 0 Å². The van der Waals surface area contributed by atoms with Gasteiger partial charge in [-0.05, 0) is 104 Å². The fraction of sp³-hybridized carbons (Fsp3) is 0.0351. The highest BCUT2D eigenvalue weighted by atomic mass is 15.0. The summed E-state index contributed by atoms with van der Waals surface area (Å²) < 4.78 is 2.42. The summed E-state index contributed by atoms with van der Waals surface area (Å²) in [7, 11) is 0. The number of nitrogens with zero attached hydrogens (tertiary/aromatic N) is 4. The van der Waals surface area contributed by atoms with E-state index in [0.29, 0.717) is 17.5 Å². The predicted molar refractivity (Wildman–Crippen MR) is 255 cm³/mol. The Morgan fingerprint density at radius 2 is 0.738 bits per heavy atom. The molecule has 0 radical (unpaired) electrons. The minimum absolute atomic E-state index is 0.648. The number of hydrogen-bond acceptors (Lipinski definition) is 3. The van der Waals surface area contributed by atoms with Gasteiger partial charge in [0.1, 0.15) is 0 Å². The molecule has 2 aromatic heterocycles. The van der Waals surface area contributed by atoms with Crippen LogP contribution in [0.2, 0.25) is 0 Å². The molecule has 0 amide bonds. The van der Waals surface area contributed by atoms with Crippen LogP contribution in [0.1, 0.15) is 12.8 Å². The number of allylic oxidation sites excluding steroid dienone is 4. The van der Waals surface area contributed by atoms with Crippen LogP contribution in [0, 0.1) is 0 Å². The number of benzene rings is 9. The molecule has 0 spiro atoms. The fourth-order valence-corrected chi connectivity index (χ4v) is 9.26. The van der Waals surface area contributed by atoms with E-state index in [4.69, 9.17) is 15.0 Å². The van der Waals surface area contributed by atoms with Crippen molar-refractivity contribution in [2.45, 2.75) is 12.8 Å². The van der Waals surface area contributed by atoms with Crippen LogP contribution in [0.5, 0.6) is 0 Å². The molecule has 0 bridgehead atoms. The van der Waals surface area contributed by atoms with Crippen molar-refractivity contribution in [1.29, 1.82) is 0 Å². The summed E-state index contributed by atoms with van der Waals surface area (Å²) >= 11 is 0. The van der Waals surface area contributed by atoms with Gasteiger partial charge in [-0.2, -0.15) is 0 Å². The lowest BCUT2D eigenvalue weighted by Crippen LogP contribution is -2.00. The number of hydrogen-bond donors (Lipinski definition) is 0. The molecule has 0 unspecified atom stereocenters. The van der Waals surface area contributed by atoms with Crippen LogP contribution in [0.4, 0.5) is 0 Å². The number of aromatic nitrogens is 4. The highest BCUT2D eigenvalue weighted by Crippen LogP contribution is 2.41. The van der Waals surface area contributed by atoms with Gasteiger partial charge in [-0.25, -0.2) is 15.0 Å². The van der Waals surface area contributed by atoms with Crippen LogP contribution in [0.25, 0.3) is 116 Å². The van der Waals surface area contributed by atoms with Crippen molar-refractivity contribution in [3.8, 4) is 56.4 Å². The highest BCUT2D eigenvalue weighted by Gasteiger charge is 2.17. The molecule has 0 saturated carbocycles. The molecule has 0 N–H and O–H groups in total. The number of para-hydroxylation sites is 1. The largest absolute Gasteiger partial charge is 0.310 e. The first-order chi connectivity index (χ1) is 30.2. The maximum absolute atomic E-state index is 4.96. The zero-order valence-electron chi connectivity index (χ0n) is 33.3. The van der Waals surface area contributed by atoms with Gasteiger partial charge < -0.3 is 4.57 Å². The lowest BCUT2D eigenvalue weighted by Gasteiger charge is -2.14. The molecule has 0 atom stereocenters. The van der Waals surface area contributed by atoms with E-state index in [1.54, 1.807) is 0 Å². The van der Waals surface area contributed by atoms with Crippen LogP contribution in [0.15, 0.2) is 206 Å². The second-order valence-electron chi connectivity index (χ2n) is 15.9. The van der Waals surface area contributed by atoms with E-state index < -0.39 is 0 Å². The third-order valence-corrected chi connectivity index (χ3v) is 12.3. The summed E-state index contributed by atoms with van der Waals surface area (Å²) in [5.74, 6) is 1.96. The second kappa shape index (κ2) is 14.4. The minimum Gasteiger partial charge on any atom is -0.310 e.